The van der Waals surface area contributed by atoms with Gasteiger partial charge < -0.3 is 10.4 Å². The molecule has 1 aromatic carbocycles. The summed E-state index contributed by atoms with van der Waals surface area (Å²) in [6, 6.07) is 6.13. The smallest absolute Gasteiger partial charge is 0.307 e. The number of halogens is 1. The number of hydrogen-bond acceptors (Lipinski definition) is 2. The number of carboxylic acids is 1. The monoisotopic (exact) mass is 319 g/mol. The average Bonchev–Trinajstić information content (AvgIpc) is 2.51. The summed E-state index contributed by atoms with van der Waals surface area (Å²) in [6.07, 6.45) is 1.51. The van der Waals surface area contributed by atoms with Crippen molar-refractivity contribution in [2.24, 2.45) is 11.8 Å². The third-order valence-corrected chi connectivity index (χ3v) is 4.55. The lowest BCUT2D eigenvalue weighted by molar-refractivity contribution is -0.147. The maximum absolute atomic E-state index is 12.8. The summed E-state index contributed by atoms with van der Waals surface area (Å²) in [4.78, 5) is 23.8. The molecule has 1 aliphatic rings. The van der Waals surface area contributed by atoms with Crippen molar-refractivity contribution < 1.29 is 19.1 Å². The fraction of sp³-hybridized carbons (Fsp3) is 0.444. The average molecular weight is 319 g/mol. The van der Waals surface area contributed by atoms with Gasteiger partial charge in [-0.05, 0) is 50.8 Å². The number of aliphatic carboxylic acids is 1. The van der Waals surface area contributed by atoms with Crippen LogP contribution in [-0.2, 0) is 16.0 Å². The molecule has 1 aliphatic carbocycles. The van der Waals surface area contributed by atoms with Gasteiger partial charge in [0.1, 0.15) is 5.82 Å². The third-order valence-electron chi connectivity index (χ3n) is 4.55. The molecule has 0 saturated heterocycles. The van der Waals surface area contributed by atoms with E-state index >= 15 is 0 Å². The predicted octanol–water partition coefficient (Wildman–Crippen LogP) is 2.93. The van der Waals surface area contributed by atoms with E-state index in [1.165, 1.54) is 12.1 Å². The molecule has 1 aromatic rings. The van der Waals surface area contributed by atoms with E-state index in [9.17, 15) is 19.1 Å². The van der Waals surface area contributed by atoms with Crippen LogP contribution < -0.4 is 5.32 Å². The largest absolute Gasteiger partial charge is 0.481 e. The summed E-state index contributed by atoms with van der Waals surface area (Å²) < 4.78 is 12.8. The SMILES string of the molecule is CC1=C(C)C[C@@H](C(=O)O)[C@@H](C(=O)NCCc2ccc(F)cc2)C1. The van der Waals surface area contributed by atoms with Gasteiger partial charge in [0.05, 0.1) is 11.8 Å². The van der Waals surface area contributed by atoms with Crippen LogP contribution in [0, 0.1) is 17.7 Å². The molecule has 2 atom stereocenters. The lowest BCUT2D eigenvalue weighted by Gasteiger charge is -2.29. The van der Waals surface area contributed by atoms with Crippen LogP contribution in [-0.4, -0.2) is 23.5 Å². The van der Waals surface area contributed by atoms with Crippen LogP contribution in [0.2, 0.25) is 0 Å². The van der Waals surface area contributed by atoms with Gasteiger partial charge in [-0.1, -0.05) is 23.3 Å². The lowest BCUT2D eigenvalue weighted by atomic mass is 9.76. The normalized spacial score (nSPS) is 21.2. The van der Waals surface area contributed by atoms with Crippen molar-refractivity contribution in [3.8, 4) is 0 Å². The van der Waals surface area contributed by atoms with Gasteiger partial charge in [0, 0.05) is 6.54 Å². The zero-order chi connectivity index (χ0) is 17.0. The molecule has 0 fully saturated rings. The van der Waals surface area contributed by atoms with Gasteiger partial charge in [0.15, 0.2) is 0 Å². The molecule has 2 rings (SSSR count). The van der Waals surface area contributed by atoms with Crippen molar-refractivity contribution in [1.29, 1.82) is 0 Å². The highest BCUT2D eigenvalue weighted by Crippen LogP contribution is 2.34. The first kappa shape index (κ1) is 17.2. The third kappa shape index (κ3) is 4.41. The number of benzene rings is 1. The number of allylic oxidation sites excluding steroid dienone is 2. The highest BCUT2D eigenvalue weighted by molar-refractivity contribution is 5.85. The van der Waals surface area contributed by atoms with Crippen LogP contribution in [0.4, 0.5) is 4.39 Å². The Hall–Kier alpha value is -2.17. The molecule has 0 spiro atoms. The van der Waals surface area contributed by atoms with E-state index in [1.807, 2.05) is 13.8 Å². The second-order valence-corrected chi connectivity index (χ2v) is 6.19. The minimum Gasteiger partial charge on any atom is -0.481 e. The predicted molar refractivity (Wildman–Crippen MR) is 85.3 cm³/mol. The van der Waals surface area contributed by atoms with Crippen LogP contribution in [0.3, 0.4) is 0 Å². The van der Waals surface area contributed by atoms with Crippen molar-refractivity contribution in [3.63, 3.8) is 0 Å². The molecule has 0 saturated carbocycles. The Balaban J connectivity index is 1.93. The van der Waals surface area contributed by atoms with Gasteiger partial charge in [-0.3, -0.25) is 9.59 Å². The number of carbonyl (C=O) groups excluding carboxylic acids is 1. The van der Waals surface area contributed by atoms with Gasteiger partial charge in [-0.2, -0.15) is 0 Å². The first-order chi connectivity index (χ1) is 10.9. The summed E-state index contributed by atoms with van der Waals surface area (Å²) in [5.41, 5.74) is 3.09. The number of hydrogen-bond donors (Lipinski definition) is 2. The summed E-state index contributed by atoms with van der Waals surface area (Å²) in [5, 5.41) is 12.2. The highest BCUT2D eigenvalue weighted by Gasteiger charge is 2.36. The molecule has 0 aromatic heterocycles. The molecule has 0 aliphatic heterocycles. The summed E-state index contributed by atoms with van der Waals surface area (Å²) in [5.74, 6) is -2.61. The summed E-state index contributed by atoms with van der Waals surface area (Å²) in [6.45, 7) is 4.29. The van der Waals surface area contributed by atoms with Crippen LogP contribution in [0.1, 0.15) is 32.3 Å². The minimum atomic E-state index is -0.921. The Morgan fingerprint density at radius 2 is 1.70 bits per heavy atom. The maximum Gasteiger partial charge on any atom is 0.307 e. The molecule has 0 unspecified atom stereocenters. The molecule has 5 heteroatoms. The molecule has 0 radical (unpaired) electrons. The van der Waals surface area contributed by atoms with Gasteiger partial charge in [-0.25, -0.2) is 4.39 Å². The molecule has 0 bridgehead atoms. The Labute approximate surface area is 135 Å². The van der Waals surface area contributed by atoms with Crippen LogP contribution >= 0.6 is 0 Å². The molecule has 0 heterocycles. The molecular formula is C18H22FNO3. The van der Waals surface area contributed by atoms with Crippen molar-refractivity contribution in [2.45, 2.75) is 33.1 Å². The van der Waals surface area contributed by atoms with Gasteiger partial charge in [0.2, 0.25) is 5.91 Å². The number of carbonyl (C=O) groups is 2. The molecule has 1 amide bonds. The van der Waals surface area contributed by atoms with Gasteiger partial charge >= 0.3 is 5.97 Å². The molecule has 124 valence electrons. The molecular weight excluding hydrogens is 297 g/mol. The minimum absolute atomic E-state index is 0.216. The standard InChI is InChI=1S/C18H22FNO3/c1-11-9-15(16(18(22)23)10-12(11)2)17(21)20-8-7-13-3-5-14(19)6-4-13/h3-6,15-16H,7-10H2,1-2H3,(H,20,21)(H,22,23)/t15-,16+/m0/s1. The second kappa shape index (κ2) is 7.40. The fourth-order valence-corrected chi connectivity index (χ4v) is 2.94. The van der Waals surface area contributed by atoms with E-state index in [4.69, 9.17) is 0 Å². The zero-order valence-corrected chi connectivity index (χ0v) is 13.4. The Morgan fingerprint density at radius 3 is 2.26 bits per heavy atom. The number of rotatable bonds is 5. The van der Waals surface area contributed by atoms with E-state index in [-0.39, 0.29) is 11.7 Å². The van der Waals surface area contributed by atoms with Crippen molar-refractivity contribution >= 4 is 11.9 Å². The number of amides is 1. The zero-order valence-electron chi connectivity index (χ0n) is 13.4. The van der Waals surface area contributed by atoms with Crippen LogP contribution in [0.5, 0.6) is 0 Å². The Kier molecular flexibility index (Phi) is 5.53. The van der Waals surface area contributed by atoms with E-state index in [0.717, 1.165) is 16.7 Å². The Morgan fingerprint density at radius 1 is 1.13 bits per heavy atom. The van der Waals surface area contributed by atoms with Crippen molar-refractivity contribution in [1.82, 2.24) is 5.32 Å². The van der Waals surface area contributed by atoms with Gasteiger partial charge in [-0.15, -0.1) is 0 Å². The summed E-state index contributed by atoms with van der Waals surface area (Å²) >= 11 is 0. The highest BCUT2D eigenvalue weighted by atomic mass is 19.1. The van der Waals surface area contributed by atoms with E-state index < -0.39 is 17.8 Å². The second-order valence-electron chi connectivity index (χ2n) is 6.19. The fourth-order valence-electron chi connectivity index (χ4n) is 2.94. The van der Waals surface area contributed by atoms with Crippen LogP contribution in [0.15, 0.2) is 35.4 Å². The quantitative estimate of drug-likeness (QED) is 0.820. The van der Waals surface area contributed by atoms with Crippen LogP contribution in [0.25, 0.3) is 0 Å². The van der Waals surface area contributed by atoms with Crippen molar-refractivity contribution in [3.05, 3.63) is 46.8 Å². The van der Waals surface area contributed by atoms with E-state index in [2.05, 4.69) is 5.32 Å². The molecule has 23 heavy (non-hydrogen) atoms. The lowest BCUT2D eigenvalue weighted by Crippen LogP contribution is -2.40. The number of carboxylic acid groups (broad SMARTS) is 1. The topological polar surface area (TPSA) is 66.4 Å². The van der Waals surface area contributed by atoms with E-state index in [0.29, 0.717) is 25.8 Å². The molecule has 4 nitrogen and oxygen atoms in total. The molecule has 2 N–H and O–H groups in total. The van der Waals surface area contributed by atoms with E-state index in [1.54, 1.807) is 12.1 Å². The number of nitrogens with one attached hydrogen (secondary N) is 1. The first-order valence-electron chi connectivity index (χ1n) is 7.78. The summed E-state index contributed by atoms with van der Waals surface area (Å²) in [7, 11) is 0. The first-order valence-corrected chi connectivity index (χ1v) is 7.78. The van der Waals surface area contributed by atoms with Gasteiger partial charge in [0.25, 0.3) is 0 Å². The Bertz CT molecular complexity index is 622. The van der Waals surface area contributed by atoms with Crippen molar-refractivity contribution in [2.75, 3.05) is 6.54 Å². The maximum atomic E-state index is 12.8.